The Morgan fingerprint density at radius 2 is 2.00 bits per heavy atom. The van der Waals surface area contributed by atoms with Gasteiger partial charge in [-0.1, -0.05) is 11.6 Å². The van der Waals surface area contributed by atoms with E-state index in [2.05, 4.69) is 4.90 Å². The Balaban J connectivity index is 2.23. The summed E-state index contributed by atoms with van der Waals surface area (Å²) in [4.78, 5) is 2.05. The summed E-state index contributed by atoms with van der Waals surface area (Å²) in [5.41, 5.74) is 8.65. The minimum Gasteiger partial charge on any atom is -0.464 e. The van der Waals surface area contributed by atoms with Crippen molar-refractivity contribution in [2.24, 2.45) is 0 Å². The van der Waals surface area contributed by atoms with Crippen LogP contribution in [0.2, 0.25) is 5.02 Å². The summed E-state index contributed by atoms with van der Waals surface area (Å²) in [6.45, 7) is 4.58. The molecule has 1 aromatic heterocycles. The molecule has 1 aromatic carbocycles. The third-order valence-electron chi connectivity index (χ3n) is 2.91. The third-order valence-corrected chi connectivity index (χ3v) is 3.32. The number of aryl methyl sites for hydroxylation is 2. The zero-order valence-electron chi connectivity index (χ0n) is 10.8. The van der Waals surface area contributed by atoms with Crippen molar-refractivity contribution in [3.8, 4) is 0 Å². The predicted molar refractivity (Wildman–Crippen MR) is 76.2 cm³/mol. The lowest BCUT2D eigenvalue weighted by atomic mass is 10.1. The molecule has 0 bridgehead atoms. The van der Waals surface area contributed by atoms with E-state index in [1.54, 1.807) is 6.07 Å². The molecular weight excluding hydrogens is 248 g/mol. The molecule has 2 N–H and O–H groups in total. The van der Waals surface area contributed by atoms with Gasteiger partial charge in [0.1, 0.15) is 11.5 Å². The molecule has 96 valence electrons. The number of nitrogens with zero attached hydrogens (tertiary/aromatic N) is 1. The first kappa shape index (κ1) is 12.8. The van der Waals surface area contributed by atoms with Crippen LogP contribution in [-0.4, -0.2) is 7.05 Å². The van der Waals surface area contributed by atoms with Gasteiger partial charge in [0.2, 0.25) is 0 Å². The molecule has 0 fully saturated rings. The normalized spacial score (nSPS) is 10.7. The number of benzene rings is 1. The van der Waals surface area contributed by atoms with Gasteiger partial charge in [-0.3, -0.25) is 0 Å². The summed E-state index contributed by atoms with van der Waals surface area (Å²) in [6.07, 6.45) is 0. The minimum absolute atomic E-state index is 0.677. The van der Waals surface area contributed by atoms with Gasteiger partial charge in [0, 0.05) is 12.1 Å². The first-order valence-electron chi connectivity index (χ1n) is 5.79. The highest BCUT2D eigenvalue weighted by atomic mass is 35.5. The van der Waals surface area contributed by atoms with Gasteiger partial charge in [-0.05, 0) is 43.7 Å². The maximum Gasteiger partial charge on any atom is 0.123 e. The lowest BCUT2D eigenvalue weighted by molar-refractivity contribution is 0.482. The van der Waals surface area contributed by atoms with Crippen molar-refractivity contribution in [2.45, 2.75) is 20.4 Å². The van der Waals surface area contributed by atoms with Gasteiger partial charge in [-0.25, -0.2) is 0 Å². The van der Waals surface area contributed by atoms with Crippen LogP contribution in [0.15, 0.2) is 28.7 Å². The molecule has 2 aromatic rings. The highest BCUT2D eigenvalue weighted by molar-refractivity contribution is 6.31. The number of nitrogens with two attached hydrogens (primary N) is 1. The molecule has 0 atom stereocenters. The zero-order chi connectivity index (χ0) is 13.3. The Labute approximate surface area is 112 Å². The molecule has 0 aliphatic heterocycles. The van der Waals surface area contributed by atoms with E-state index in [0.29, 0.717) is 17.3 Å². The van der Waals surface area contributed by atoms with E-state index in [1.807, 2.05) is 39.1 Å². The lowest BCUT2D eigenvalue weighted by Crippen LogP contribution is -2.17. The molecule has 4 heteroatoms. The van der Waals surface area contributed by atoms with Gasteiger partial charge in [0.15, 0.2) is 0 Å². The van der Waals surface area contributed by atoms with Crippen molar-refractivity contribution in [1.82, 2.24) is 0 Å². The van der Waals surface area contributed by atoms with E-state index in [4.69, 9.17) is 21.8 Å². The molecule has 0 saturated heterocycles. The van der Waals surface area contributed by atoms with Crippen LogP contribution in [0.5, 0.6) is 0 Å². The quantitative estimate of drug-likeness (QED) is 0.858. The number of rotatable bonds is 3. The average Bonchev–Trinajstić information content (AvgIpc) is 2.69. The summed E-state index contributed by atoms with van der Waals surface area (Å²) in [5, 5.41) is 0.693. The third kappa shape index (κ3) is 2.62. The topological polar surface area (TPSA) is 42.4 Å². The number of halogens is 1. The Morgan fingerprint density at radius 3 is 2.61 bits per heavy atom. The van der Waals surface area contributed by atoms with Gasteiger partial charge in [-0.2, -0.15) is 0 Å². The van der Waals surface area contributed by atoms with E-state index in [1.165, 1.54) is 0 Å². The van der Waals surface area contributed by atoms with Crippen LogP contribution in [-0.2, 0) is 6.54 Å². The van der Waals surface area contributed by atoms with Crippen LogP contribution in [0.25, 0.3) is 0 Å². The maximum atomic E-state index is 6.04. The number of hydrogen-bond donors (Lipinski definition) is 1. The fourth-order valence-electron chi connectivity index (χ4n) is 1.90. The second-order valence-corrected chi connectivity index (χ2v) is 4.94. The molecule has 0 aliphatic carbocycles. The summed E-state index contributed by atoms with van der Waals surface area (Å²) in [6, 6.07) is 7.72. The molecule has 0 saturated carbocycles. The molecular formula is C14H17ClN2O. The molecule has 0 unspecified atom stereocenters. The van der Waals surface area contributed by atoms with Crippen LogP contribution < -0.4 is 10.6 Å². The van der Waals surface area contributed by atoms with Crippen molar-refractivity contribution in [1.29, 1.82) is 0 Å². The molecule has 0 spiro atoms. The molecule has 2 rings (SSSR count). The highest BCUT2D eigenvalue weighted by Crippen LogP contribution is 2.30. The van der Waals surface area contributed by atoms with E-state index in [9.17, 15) is 0 Å². The molecule has 1 heterocycles. The summed E-state index contributed by atoms with van der Waals surface area (Å²) in [7, 11) is 1.98. The van der Waals surface area contributed by atoms with Gasteiger partial charge in [0.25, 0.3) is 0 Å². The molecule has 0 aliphatic rings. The average molecular weight is 265 g/mol. The SMILES string of the molecule is Cc1ccc(CN(C)c2cc(C)c(Cl)cc2N)o1. The van der Waals surface area contributed by atoms with Crippen LogP contribution in [0.4, 0.5) is 11.4 Å². The lowest BCUT2D eigenvalue weighted by Gasteiger charge is -2.21. The largest absolute Gasteiger partial charge is 0.464 e. The molecule has 18 heavy (non-hydrogen) atoms. The van der Waals surface area contributed by atoms with Crippen molar-refractivity contribution in [3.63, 3.8) is 0 Å². The minimum atomic E-state index is 0.677. The van der Waals surface area contributed by atoms with Crippen LogP contribution in [0.3, 0.4) is 0 Å². The van der Waals surface area contributed by atoms with Gasteiger partial charge >= 0.3 is 0 Å². The fraction of sp³-hybridized carbons (Fsp3) is 0.286. The summed E-state index contributed by atoms with van der Waals surface area (Å²) in [5.74, 6) is 1.83. The number of furan rings is 1. The number of hydrogen-bond acceptors (Lipinski definition) is 3. The second kappa shape index (κ2) is 4.94. The molecule has 0 radical (unpaired) electrons. The van der Waals surface area contributed by atoms with Crippen molar-refractivity contribution in [3.05, 3.63) is 46.4 Å². The van der Waals surface area contributed by atoms with Crippen LogP contribution in [0.1, 0.15) is 17.1 Å². The number of anilines is 2. The Morgan fingerprint density at radius 1 is 1.28 bits per heavy atom. The van der Waals surface area contributed by atoms with Crippen molar-refractivity contribution >= 4 is 23.0 Å². The van der Waals surface area contributed by atoms with Gasteiger partial charge in [0.05, 0.1) is 17.9 Å². The molecule has 3 nitrogen and oxygen atoms in total. The highest BCUT2D eigenvalue weighted by Gasteiger charge is 2.10. The van der Waals surface area contributed by atoms with Crippen molar-refractivity contribution in [2.75, 3.05) is 17.7 Å². The van der Waals surface area contributed by atoms with E-state index in [0.717, 1.165) is 22.8 Å². The van der Waals surface area contributed by atoms with Gasteiger partial charge in [-0.15, -0.1) is 0 Å². The summed E-state index contributed by atoms with van der Waals surface area (Å²) < 4.78 is 5.56. The van der Waals surface area contributed by atoms with Crippen molar-refractivity contribution < 1.29 is 4.42 Å². The Hall–Kier alpha value is -1.61. The Bertz CT molecular complexity index is 563. The fourth-order valence-corrected chi connectivity index (χ4v) is 2.07. The van der Waals surface area contributed by atoms with Crippen LogP contribution in [0, 0.1) is 13.8 Å². The van der Waals surface area contributed by atoms with E-state index < -0.39 is 0 Å². The standard InChI is InChI=1S/C14H17ClN2O/c1-9-6-14(13(16)7-12(9)15)17(3)8-11-5-4-10(2)18-11/h4-7H,8,16H2,1-3H3. The van der Waals surface area contributed by atoms with Gasteiger partial charge < -0.3 is 15.1 Å². The maximum absolute atomic E-state index is 6.04. The monoisotopic (exact) mass is 264 g/mol. The zero-order valence-corrected chi connectivity index (χ0v) is 11.6. The molecule has 0 amide bonds. The van der Waals surface area contributed by atoms with E-state index in [-0.39, 0.29) is 0 Å². The smallest absolute Gasteiger partial charge is 0.123 e. The first-order chi connectivity index (χ1) is 8.47. The summed E-state index contributed by atoms with van der Waals surface area (Å²) >= 11 is 6.04. The first-order valence-corrected chi connectivity index (χ1v) is 6.17. The second-order valence-electron chi connectivity index (χ2n) is 4.53. The number of nitrogen functional groups attached to an aromatic ring is 1. The van der Waals surface area contributed by atoms with Crippen LogP contribution >= 0.6 is 11.6 Å². The van der Waals surface area contributed by atoms with E-state index >= 15 is 0 Å². The predicted octanol–water partition coefficient (Wildman–Crippen LogP) is 3.77. The Kier molecular flexibility index (Phi) is 3.53.